The number of halogens is 4. The van der Waals surface area contributed by atoms with Gasteiger partial charge in [-0.2, -0.15) is 0 Å². The monoisotopic (exact) mass is 317 g/mol. The molecule has 20 heavy (non-hydrogen) atoms. The minimum absolute atomic E-state index is 0. The summed E-state index contributed by atoms with van der Waals surface area (Å²) in [4.78, 5) is 0. The Morgan fingerprint density at radius 1 is 0.850 bits per heavy atom. The van der Waals surface area contributed by atoms with E-state index >= 15 is 0 Å². The molecule has 0 radical (unpaired) electrons. The van der Waals surface area contributed by atoms with Crippen LogP contribution in [0.1, 0.15) is 17.2 Å². The Morgan fingerprint density at radius 2 is 1.25 bits per heavy atom. The van der Waals surface area contributed by atoms with E-state index in [1.807, 2.05) is 0 Å². The van der Waals surface area contributed by atoms with Crippen molar-refractivity contribution in [3.63, 3.8) is 0 Å². The molecule has 0 saturated heterocycles. The summed E-state index contributed by atoms with van der Waals surface area (Å²) in [7, 11) is 0. The Kier molecular flexibility index (Phi) is 6.93. The van der Waals surface area contributed by atoms with Crippen LogP contribution in [0.3, 0.4) is 0 Å². The first-order valence-electron chi connectivity index (χ1n) is 6.01. The van der Waals surface area contributed by atoms with Crippen LogP contribution in [0.25, 0.3) is 0 Å². The maximum absolute atomic E-state index is 13.0. The van der Waals surface area contributed by atoms with E-state index in [2.05, 4.69) is 5.32 Å². The summed E-state index contributed by atoms with van der Waals surface area (Å²) in [5.74, 6) is -0.0864. The van der Waals surface area contributed by atoms with Crippen LogP contribution in [-0.2, 0) is 0 Å². The van der Waals surface area contributed by atoms with E-state index in [9.17, 15) is 8.78 Å². The van der Waals surface area contributed by atoms with E-state index < -0.39 is 0 Å². The Balaban J connectivity index is 0.00000200. The Labute approximate surface area is 128 Å². The van der Waals surface area contributed by atoms with Gasteiger partial charge in [-0.05, 0) is 35.4 Å². The van der Waals surface area contributed by atoms with Crippen molar-refractivity contribution < 1.29 is 8.78 Å². The van der Waals surface area contributed by atoms with E-state index in [4.69, 9.17) is 11.6 Å². The van der Waals surface area contributed by atoms with E-state index in [0.717, 1.165) is 11.1 Å². The molecule has 5 heteroatoms. The summed E-state index contributed by atoms with van der Waals surface area (Å²) >= 11 is 5.69. The van der Waals surface area contributed by atoms with E-state index in [0.29, 0.717) is 12.4 Å². The molecule has 1 nitrogen and oxygen atoms in total. The van der Waals surface area contributed by atoms with Gasteiger partial charge in [0.25, 0.3) is 0 Å². The molecule has 0 heterocycles. The van der Waals surface area contributed by atoms with Gasteiger partial charge in [-0.1, -0.05) is 24.3 Å². The fraction of sp³-hybridized carbons (Fsp3) is 0.200. The summed E-state index contributed by atoms with van der Waals surface area (Å²) in [5, 5.41) is 3.26. The lowest BCUT2D eigenvalue weighted by atomic mass is 9.98. The van der Waals surface area contributed by atoms with Crippen LogP contribution in [0, 0.1) is 11.6 Å². The zero-order chi connectivity index (χ0) is 13.7. The molecule has 2 aromatic carbocycles. The van der Waals surface area contributed by atoms with Crippen molar-refractivity contribution in [1.82, 2.24) is 5.32 Å². The van der Waals surface area contributed by atoms with Gasteiger partial charge in [-0.15, -0.1) is 24.0 Å². The van der Waals surface area contributed by atoms with Crippen molar-refractivity contribution in [1.29, 1.82) is 0 Å². The molecule has 0 bridgehead atoms. The third kappa shape index (κ3) is 4.44. The zero-order valence-electron chi connectivity index (χ0n) is 10.7. The van der Waals surface area contributed by atoms with Gasteiger partial charge in [0.2, 0.25) is 0 Å². The van der Waals surface area contributed by atoms with Gasteiger partial charge in [0.05, 0.1) is 6.04 Å². The van der Waals surface area contributed by atoms with Crippen molar-refractivity contribution in [2.75, 3.05) is 12.4 Å². The molecule has 0 atom stereocenters. The largest absolute Gasteiger partial charge is 0.305 e. The smallest absolute Gasteiger partial charge is 0.123 e. The molecule has 0 amide bonds. The molecule has 0 aliphatic rings. The van der Waals surface area contributed by atoms with Crippen molar-refractivity contribution in [3.05, 3.63) is 71.3 Å². The maximum atomic E-state index is 13.0. The van der Waals surface area contributed by atoms with E-state index in [1.54, 1.807) is 24.3 Å². The first-order chi connectivity index (χ1) is 9.20. The van der Waals surface area contributed by atoms with Crippen LogP contribution in [0.15, 0.2) is 48.5 Å². The van der Waals surface area contributed by atoms with Crippen molar-refractivity contribution in [3.8, 4) is 0 Å². The third-order valence-electron chi connectivity index (χ3n) is 2.85. The molecule has 0 aromatic heterocycles. The highest BCUT2D eigenvalue weighted by Crippen LogP contribution is 2.22. The fourth-order valence-electron chi connectivity index (χ4n) is 1.94. The molecular formula is C15H15Cl2F2N. The van der Waals surface area contributed by atoms with E-state index in [1.165, 1.54) is 24.3 Å². The number of rotatable bonds is 5. The average Bonchev–Trinajstić information content (AvgIpc) is 2.43. The number of hydrogen-bond acceptors (Lipinski definition) is 1. The third-order valence-corrected chi connectivity index (χ3v) is 3.04. The summed E-state index contributed by atoms with van der Waals surface area (Å²) in [5.41, 5.74) is 1.83. The molecule has 108 valence electrons. The summed E-state index contributed by atoms with van der Waals surface area (Å²) in [6.07, 6.45) is 0. The lowest BCUT2D eigenvalue weighted by molar-refractivity contribution is 0.608. The van der Waals surface area contributed by atoms with Gasteiger partial charge >= 0.3 is 0 Å². The SMILES string of the molecule is Cl.Fc1ccc(C(NCCCl)c2ccc(F)cc2)cc1. The summed E-state index contributed by atoms with van der Waals surface area (Å²) in [6, 6.07) is 12.4. The van der Waals surface area contributed by atoms with Crippen LogP contribution in [0.2, 0.25) is 0 Å². The zero-order valence-corrected chi connectivity index (χ0v) is 12.2. The van der Waals surface area contributed by atoms with Gasteiger partial charge in [0, 0.05) is 12.4 Å². The molecule has 2 aromatic rings. The minimum atomic E-state index is -0.279. The molecule has 2 rings (SSSR count). The first kappa shape index (κ1) is 16.9. The number of nitrogens with one attached hydrogen (secondary N) is 1. The number of benzene rings is 2. The quantitative estimate of drug-likeness (QED) is 0.810. The molecule has 0 spiro atoms. The Hall–Kier alpha value is -1.16. The maximum Gasteiger partial charge on any atom is 0.123 e. The predicted molar refractivity (Wildman–Crippen MR) is 80.6 cm³/mol. The summed E-state index contributed by atoms with van der Waals surface area (Å²) in [6.45, 7) is 0.612. The molecular weight excluding hydrogens is 303 g/mol. The summed E-state index contributed by atoms with van der Waals surface area (Å²) < 4.78 is 25.9. The van der Waals surface area contributed by atoms with Gasteiger partial charge < -0.3 is 5.32 Å². The van der Waals surface area contributed by atoms with Crippen LogP contribution < -0.4 is 5.32 Å². The average molecular weight is 318 g/mol. The van der Waals surface area contributed by atoms with Crippen molar-refractivity contribution in [2.45, 2.75) is 6.04 Å². The minimum Gasteiger partial charge on any atom is -0.305 e. The highest BCUT2D eigenvalue weighted by atomic mass is 35.5. The molecule has 1 N–H and O–H groups in total. The lowest BCUT2D eigenvalue weighted by Crippen LogP contribution is -2.24. The standard InChI is InChI=1S/C15H14ClF2N.ClH/c16-9-10-19-15(11-1-5-13(17)6-2-11)12-3-7-14(18)8-4-12;/h1-8,15,19H,9-10H2;1H. The van der Waals surface area contributed by atoms with Gasteiger partial charge in [0.15, 0.2) is 0 Å². The van der Waals surface area contributed by atoms with Crippen LogP contribution >= 0.6 is 24.0 Å². The van der Waals surface area contributed by atoms with Gasteiger partial charge in [0.1, 0.15) is 11.6 Å². The predicted octanol–water partition coefficient (Wildman–Crippen LogP) is 4.30. The van der Waals surface area contributed by atoms with Gasteiger partial charge in [-0.3, -0.25) is 0 Å². The number of hydrogen-bond donors (Lipinski definition) is 1. The second kappa shape index (κ2) is 8.20. The van der Waals surface area contributed by atoms with Crippen LogP contribution in [-0.4, -0.2) is 12.4 Å². The second-order valence-electron chi connectivity index (χ2n) is 4.18. The van der Waals surface area contributed by atoms with Gasteiger partial charge in [-0.25, -0.2) is 8.78 Å². The van der Waals surface area contributed by atoms with Crippen molar-refractivity contribution >= 4 is 24.0 Å². The fourth-order valence-corrected chi connectivity index (χ4v) is 2.05. The van der Waals surface area contributed by atoms with Crippen LogP contribution in [0.4, 0.5) is 8.78 Å². The van der Waals surface area contributed by atoms with Crippen LogP contribution in [0.5, 0.6) is 0 Å². The highest BCUT2D eigenvalue weighted by Gasteiger charge is 2.13. The lowest BCUT2D eigenvalue weighted by Gasteiger charge is -2.19. The molecule has 0 aliphatic carbocycles. The first-order valence-corrected chi connectivity index (χ1v) is 6.54. The molecule has 0 aliphatic heterocycles. The Morgan fingerprint density at radius 3 is 1.60 bits per heavy atom. The second-order valence-corrected chi connectivity index (χ2v) is 4.56. The molecule has 0 fully saturated rings. The normalized spacial score (nSPS) is 10.4. The van der Waals surface area contributed by atoms with Crippen molar-refractivity contribution in [2.24, 2.45) is 0 Å². The van der Waals surface area contributed by atoms with E-state index in [-0.39, 0.29) is 30.1 Å². The molecule has 0 unspecified atom stereocenters. The highest BCUT2D eigenvalue weighted by molar-refractivity contribution is 6.18. The molecule has 0 saturated carbocycles. The number of alkyl halides is 1. The Bertz CT molecular complexity index is 469. The topological polar surface area (TPSA) is 12.0 Å².